The second-order valence-corrected chi connectivity index (χ2v) is 7.30. The van der Waals surface area contributed by atoms with Gasteiger partial charge >= 0.3 is 0 Å². The summed E-state index contributed by atoms with van der Waals surface area (Å²) in [5.41, 5.74) is 6.04. The standard InChI is InChI=1S/C21H16FN5O3/c22-12-4-3-5-13(8-12)27-19-15(10-24-27)21(9-18(29)25-19)14-6-1-2-7-16(14)26(20(21)30)11-17(23)28/h1-8,10H,9,11H2,(H2,23,28)(H,25,29)/t21-/m0/s1. The van der Waals surface area contributed by atoms with Crippen LogP contribution in [-0.4, -0.2) is 34.0 Å². The second kappa shape index (κ2) is 6.24. The van der Waals surface area contributed by atoms with E-state index in [1.165, 1.54) is 34.0 Å². The number of carbonyl (C=O) groups is 3. The molecule has 2 aliphatic rings. The fourth-order valence-electron chi connectivity index (χ4n) is 4.37. The van der Waals surface area contributed by atoms with Gasteiger partial charge in [-0.3, -0.25) is 14.4 Å². The lowest BCUT2D eigenvalue weighted by molar-refractivity contribution is -0.127. The highest BCUT2D eigenvalue weighted by atomic mass is 19.1. The molecule has 1 aromatic heterocycles. The summed E-state index contributed by atoms with van der Waals surface area (Å²) in [7, 11) is 0. The first kappa shape index (κ1) is 18.0. The molecule has 2 aromatic carbocycles. The summed E-state index contributed by atoms with van der Waals surface area (Å²) < 4.78 is 15.2. The van der Waals surface area contributed by atoms with Gasteiger partial charge in [0.05, 0.1) is 11.9 Å². The number of anilines is 2. The third kappa shape index (κ3) is 2.38. The van der Waals surface area contributed by atoms with Gasteiger partial charge in [0.25, 0.3) is 0 Å². The Morgan fingerprint density at radius 1 is 1.17 bits per heavy atom. The average Bonchev–Trinajstić information content (AvgIpc) is 3.23. The Morgan fingerprint density at radius 3 is 2.73 bits per heavy atom. The molecule has 1 spiro atoms. The second-order valence-electron chi connectivity index (χ2n) is 7.30. The summed E-state index contributed by atoms with van der Waals surface area (Å²) in [4.78, 5) is 39.3. The lowest BCUT2D eigenvalue weighted by Crippen LogP contribution is -2.48. The number of nitrogens with two attached hydrogens (primary N) is 1. The van der Waals surface area contributed by atoms with Crippen LogP contribution in [0.15, 0.2) is 54.7 Å². The Hall–Kier alpha value is -4.01. The molecular weight excluding hydrogens is 389 g/mol. The van der Waals surface area contributed by atoms with Crippen LogP contribution in [0.3, 0.4) is 0 Å². The number of halogens is 1. The molecule has 3 amide bonds. The van der Waals surface area contributed by atoms with Gasteiger partial charge < -0.3 is 16.0 Å². The van der Waals surface area contributed by atoms with Gasteiger partial charge in [-0.2, -0.15) is 5.10 Å². The topological polar surface area (TPSA) is 110 Å². The first-order valence-corrected chi connectivity index (χ1v) is 9.26. The molecule has 3 N–H and O–H groups in total. The number of fused-ring (bicyclic) bond motifs is 4. The number of para-hydroxylation sites is 1. The molecule has 0 saturated heterocycles. The van der Waals surface area contributed by atoms with Gasteiger partial charge in [-0.1, -0.05) is 24.3 Å². The SMILES string of the molecule is NC(=O)CN1C(=O)[C@@]2(CC(=O)Nc3c2cnn3-c2cccc(F)c2)c2ccccc21. The molecule has 0 saturated carbocycles. The van der Waals surface area contributed by atoms with Crippen LogP contribution in [0.2, 0.25) is 0 Å². The van der Waals surface area contributed by atoms with Crippen molar-refractivity contribution in [2.45, 2.75) is 11.8 Å². The molecule has 5 rings (SSSR count). The number of primary amides is 1. The number of amides is 3. The Labute approximate surface area is 170 Å². The molecule has 0 aliphatic carbocycles. The molecule has 9 heteroatoms. The average molecular weight is 405 g/mol. The van der Waals surface area contributed by atoms with Gasteiger partial charge in [0.1, 0.15) is 23.6 Å². The number of rotatable bonds is 3. The normalized spacial score (nSPS) is 19.6. The van der Waals surface area contributed by atoms with Crippen molar-refractivity contribution >= 4 is 29.2 Å². The molecule has 0 unspecified atom stereocenters. The van der Waals surface area contributed by atoms with Crippen molar-refractivity contribution in [1.82, 2.24) is 9.78 Å². The highest BCUT2D eigenvalue weighted by molar-refractivity contribution is 6.17. The number of hydrogen-bond donors (Lipinski definition) is 2. The molecule has 2 aliphatic heterocycles. The van der Waals surface area contributed by atoms with Crippen LogP contribution >= 0.6 is 0 Å². The lowest BCUT2D eigenvalue weighted by atomic mass is 9.72. The summed E-state index contributed by atoms with van der Waals surface area (Å²) in [5, 5.41) is 7.09. The minimum atomic E-state index is -1.34. The van der Waals surface area contributed by atoms with E-state index in [0.717, 1.165) is 0 Å². The zero-order valence-corrected chi connectivity index (χ0v) is 15.6. The summed E-state index contributed by atoms with van der Waals surface area (Å²) in [6, 6.07) is 12.8. The number of nitrogens with zero attached hydrogens (tertiary/aromatic N) is 3. The molecule has 30 heavy (non-hydrogen) atoms. The van der Waals surface area contributed by atoms with Crippen LogP contribution < -0.4 is 16.0 Å². The van der Waals surface area contributed by atoms with Crippen LogP contribution in [-0.2, 0) is 19.8 Å². The van der Waals surface area contributed by atoms with E-state index < -0.39 is 23.0 Å². The summed E-state index contributed by atoms with van der Waals surface area (Å²) in [5.74, 6) is -1.63. The predicted octanol–water partition coefficient (Wildman–Crippen LogP) is 1.47. The quantitative estimate of drug-likeness (QED) is 0.688. The minimum absolute atomic E-state index is 0.139. The van der Waals surface area contributed by atoms with Crippen molar-refractivity contribution in [3.8, 4) is 5.69 Å². The van der Waals surface area contributed by atoms with Crippen LogP contribution in [0.25, 0.3) is 5.69 Å². The van der Waals surface area contributed by atoms with Crippen molar-refractivity contribution < 1.29 is 18.8 Å². The number of aromatic nitrogens is 2. The summed E-state index contributed by atoms with van der Waals surface area (Å²) in [6.45, 7) is -0.299. The Morgan fingerprint density at radius 2 is 1.97 bits per heavy atom. The maximum atomic E-state index is 13.8. The van der Waals surface area contributed by atoms with E-state index in [0.29, 0.717) is 28.3 Å². The lowest BCUT2D eigenvalue weighted by Gasteiger charge is -2.32. The fraction of sp³-hybridized carbons (Fsp3) is 0.143. The van der Waals surface area contributed by atoms with Crippen LogP contribution in [0, 0.1) is 5.82 Å². The van der Waals surface area contributed by atoms with Crippen molar-refractivity contribution in [3.63, 3.8) is 0 Å². The van der Waals surface area contributed by atoms with Gasteiger partial charge in [0.15, 0.2) is 0 Å². The van der Waals surface area contributed by atoms with Gasteiger partial charge in [0, 0.05) is 17.7 Å². The molecule has 150 valence electrons. The monoisotopic (exact) mass is 405 g/mol. The number of benzene rings is 2. The largest absolute Gasteiger partial charge is 0.368 e. The van der Waals surface area contributed by atoms with E-state index in [4.69, 9.17) is 5.73 Å². The fourth-order valence-corrected chi connectivity index (χ4v) is 4.37. The Balaban J connectivity index is 1.75. The Kier molecular flexibility index (Phi) is 3.76. The van der Waals surface area contributed by atoms with Gasteiger partial charge in [-0.05, 0) is 29.8 Å². The molecule has 0 radical (unpaired) electrons. The maximum absolute atomic E-state index is 13.8. The van der Waals surface area contributed by atoms with Crippen LogP contribution in [0.5, 0.6) is 0 Å². The van der Waals surface area contributed by atoms with Gasteiger partial charge in [-0.15, -0.1) is 0 Å². The molecule has 0 bridgehead atoms. The summed E-state index contributed by atoms with van der Waals surface area (Å²) >= 11 is 0. The summed E-state index contributed by atoms with van der Waals surface area (Å²) in [6.07, 6.45) is 1.36. The van der Waals surface area contributed by atoms with E-state index in [1.54, 1.807) is 30.3 Å². The highest BCUT2D eigenvalue weighted by Crippen LogP contribution is 2.52. The van der Waals surface area contributed by atoms with E-state index in [1.807, 2.05) is 0 Å². The van der Waals surface area contributed by atoms with E-state index in [2.05, 4.69) is 10.4 Å². The molecule has 1 atom stereocenters. The predicted molar refractivity (Wildman–Crippen MR) is 106 cm³/mol. The maximum Gasteiger partial charge on any atom is 0.243 e. The van der Waals surface area contributed by atoms with Crippen molar-refractivity contribution in [2.75, 3.05) is 16.8 Å². The molecule has 3 heterocycles. The smallest absolute Gasteiger partial charge is 0.243 e. The molecular formula is C21H16FN5O3. The number of nitrogens with one attached hydrogen (secondary N) is 1. The first-order valence-electron chi connectivity index (χ1n) is 9.26. The minimum Gasteiger partial charge on any atom is -0.368 e. The number of hydrogen-bond acceptors (Lipinski definition) is 4. The van der Waals surface area contributed by atoms with E-state index in [-0.39, 0.29) is 18.9 Å². The highest BCUT2D eigenvalue weighted by Gasteiger charge is 2.57. The zero-order chi connectivity index (χ0) is 21.0. The number of carbonyl (C=O) groups excluding carboxylic acids is 3. The third-order valence-electron chi connectivity index (χ3n) is 5.54. The van der Waals surface area contributed by atoms with Crippen LogP contribution in [0.4, 0.5) is 15.9 Å². The molecule has 3 aromatic rings. The molecule has 0 fully saturated rings. The van der Waals surface area contributed by atoms with Gasteiger partial charge in [-0.25, -0.2) is 9.07 Å². The van der Waals surface area contributed by atoms with Gasteiger partial charge in [0.2, 0.25) is 17.7 Å². The molecule has 8 nitrogen and oxygen atoms in total. The van der Waals surface area contributed by atoms with Crippen molar-refractivity contribution in [1.29, 1.82) is 0 Å². The zero-order valence-electron chi connectivity index (χ0n) is 15.6. The Bertz CT molecular complexity index is 1240. The van der Waals surface area contributed by atoms with Crippen molar-refractivity contribution in [3.05, 3.63) is 71.7 Å². The van der Waals surface area contributed by atoms with Crippen molar-refractivity contribution in [2.24, 2.45) is 5.73 Å². The first-order chi connectivity index (χ1) is 14.4. The van der Waals surface area contributed by atoms with E-state index in [9.17, 15) is 18.8 Å². The van der Waals surface area contributed by atoms with E-state index >= 15 is 0 Å². The van der Waals surface area contributed by atoms with Crippen LogP contribution in [0.1, 0.15) is 17.5 Å². The third-order valence-corrected chi connectivity index (χ3v) is 5.54.